The molecule has 0 spiro atoms. The van der Waals surface area contributed by atoms with Crippen molar-refractivity contribution in [2.24, 2.45) is 0 Å². The third kappa shape index (κ3) is 5.97. The molecule has 1 fully saturated rings. The fourth-order valence-corrected chi connectivity index (χ4v) is 3.03. The average Bonchev–Trinajstić information content (AvgIpc) is 3.11. The number of carbonyl (C=O) groups is 1. The number of aromatic nitrogens is 2. The van der Waals surface area contributed by atoms with Gasteiger partial charge in [0, 0.05) is 24.0 Å². The van der Waals surface area contributed by atoms with Crippen LogP contribution in [0.15, 0.2) is 4.52 Å². The number of rotatable bonds is 5. The van der Waals surface area contributed by atoms with E-state index in [2.05, 4.69) is 22.4 Å². The Morgan fingerprint density at radius 2 is 2.04 bits per heavy atom. The third-order valence-electron chi connectivity index (χ3n) is 4.35. The quantitative estimate of drug-likeness (QED) is 0.857. The van der Waals surface area contributed by atoms with Gasteiger partial charge in [-0.3, -0.25) is 0 Å². The molecule has 1 amide bonds. The van der Waals surface area contributed by atoms with Gasteiger partial charge in [-0.2, -0.15) is 4.98 Å². The van der Waals surface area contributed by atoms with Crippen LogP contribution in [0.1, 0.15) is 79.4 Å². The zero-order chi connectivity index (χ0) is 19.5. The molecule has 0 saturated carbocycles. The van der Waals surface area contributed by atoms with Crippen molar-refractivity contribution in [3.05, 3.63) is 11.7 Å². The largest absolute Gasteiger partial charge is 0.444 e. The van der Waals surface area contributed by atoms with E-state index in [1.54, 1.807) is 0 Å². The van der Waals surface area contributed by atoms with Crippen molar-refractivity contribution >= 4 is 6.09 Å². The molecule has 1 N–H and O–H groups in total. The molecule has 1 aliphatic rings. The molecule has 26 heavy (non-hydrogen) atoms. The normalized spacial score (nSPS) is 19.7. The highest BCUT2D eigenvalue weighted by molar-refractivity contribution is 5.68. The summed E-state index contributed by atoms with van der Waals surface area (Å²) < 4.78 is 10.9. The van der Waals surface area contributed by atoms with Crippen LogP contribution >= 0.6 is 0 Å². The van der Waals surface area contributed by atoms with Gasteiger partial charge in [0.2, 0.25) is 5.89 Å². The van der Waals surface area contributed by atoms with Gasteiger partial charge in [-0.15, -0.1) is 0 Å². The number of hydrogen-bond donors (Lipinski definition) is 1. The second kappa shape index (κ2) is 7.94. The molecule has 0 bridgehead atoms. The minimum Gasteiger partial charge on any atom is -0.444 e. The van der Waals surface area contributed by atoms with Crippen LogP contribution in [-0.4, -0.2) is 45.4 Å². The molecular weight excluding hydrogens is 332 g/mol. The molecule has 148 valence electrons. The molecule has 2 heterocycles. The van der Waals surface area contributed by atoms with Crippen molar-refractivity contribution in [1.29, 1.82) is 0 Å². The number of amides is 1. The van der Waals surface area contributed by atoms with Crippen molar-refractivity contribution in [1.82, 2.24) is 20.4 Å². The van der Waals surface area contributed by atoms with E-state index in [1.165, 1.54) is 0 Å². The molecule has 0 unspecified atom stereocenters. The molecule has 1 aliphatic heterocycles. The van der Waals surface area contributed by atoms with Gasteiger partial charge in [-0.05, 0) is 47.0 Å². The van der Waals surface area contributed by atoms with Crippen LogP contribution in [0, 0.1) is 0 Å². The first kappa shape index (κ1) is 20.7. The van der Waals surface area contributed by atoms with Crippen LogP contribution in [0.4, 0.5) is 4.79 Å². The first-order valence-electron chi connectivity index (χ1n) is 9.52. The summed E-state index contributed by atoms with van der Waals surface area (Å²) in [5.74, 6) is 1.31. The molecule has 0 aromatic carbocycles. The lowest BCUT2D eigenvalue weighted by Crippen LogP contribution is -2.42. The lowest BCUT2D eigenvalue weighted by molar-refractivity contribution is 0.0214. The number of ether oxygens (including phenoxy) is 1. The van der Waals surface area contributed by atoms with E-state index in [0.717, 1.165) is 25.8 Å². The highest BCUT2D eigenvalue weighted by Crippen LogP contribution is 2.24. The number of carbonyl (C=O) groups excluding carboxylic acids is 1. The Hall–Kier alpha value is -1.63. The van der Waals surface area contributed by atoms with Gasteiger partial charge < -0.3 is 19.5 Å². The van der Waals surface area contributed by atoms with Crippen molar-refractivity contribution in [2.75, 3.05) is 6.54 Å². The average molecular weight is 367 g/mol. The summed E-state index contributed by atoms with van der Waals surface area (Å²) in [6.45, 7) is 15.3. The van der Waals surface area contributed by atoms with Crippen molar-refractivity contribution in [2.45, 2.75) is 97.4 Å². The van der Waals surface area contributed by atoms with Crippen LogP contribution in [-0.2, 0) is 16.7 Å². The Labute approximate surface area is 156 Å². The molecule has 1 aromatic heterocycles. The molecule has 0 aliphatic carbocycles. The van der Waals surface area contributed by atoms with Gasteiger partial charge in [0.15, 0.2) is 5.82 Å². The Morgan fingerprint density at radius 3 is 2.62 bits per heavy atom. The fourth-order valence-electron chi connectivity index (χ4n) is 3.03. The second-order valence-corrected chi connectivity index (χ2v) is 9.25. The number of nitrogens with zero attached hydrogens (tertiary/aromatic N) is 3. The van der Waals surface area contributed by atoms with Crippen molar-refractivity contribution in [3.8, 4) is 0 Å². The van der Waals surface area contributed by atoms with Gasteiger partial charge in [0.25, 0.3) is 0 Å². The van der Waals surface area contributed by atoms with Gasteiger partial charge in [-0.25, -0.2) is 4.79 Å². The van der Waals surface area contributed by atoms with Gasteiger partial charge >= 0.3 is 6.09 Å². The van der Waals surface area contributed by atoms with E-state index in [-0.39, 0.29) is 23.6 Å². The van der Waals surface area contributed by atoms with E-state index in [1.807, 2.05) is 46.4 Å². The third-order valence-corrected chi connectivity index (χ3v) is 4.35. The Morgan fingerprint density at radius 1 is 1.35 bits per heavy atom. The van der Waals surface area contributed by atoms with Crippen LogP contribution < -0.4 is 5.32 Å². The summed E-state index contributed by atoms with van der Waals surface area (Å²) in [5.41, 5.74) is -0.605. The Kier molecular flexibility index (Phi) is 6.32. The predicted molar refractivity (Wildman–Crippen MR) is 99.9 cm³/mol. The molecule has 2 atom stereocenters. The lowest BCUT2D eigenvalue weighted by Gasteiger charge is -2.30. The molecule has 0 radical (unpaired) electrons. The molecule has 7 nitrogen and oxygen atoms in total. The van der Waals surface area contributed by atoms with Gasteiger partial charge in [-0.1, -0.05) is 25.9 Å². The first-order valence-corrected chi connectivity index (χ1v) is 9.52. The van der Waals surface area contributed by atoms with Crippen LogP contribution in [0.3, 0.4) is 0 Å². The molecule has 1 saturated heterocycles. The van der Waals surface area contributed by atoms with E-state index in [0.29, 0.717) is 18.3 Å². The van der Waals surface area contributed by atoms with Gasteiger partial charge in [0.1, 0.15) is 5.60 Å². The van der Waals surface area contributed by atoms with Crippen molar-refractivity contribution < 1.29 is 14.1 Å². The predicted octanol–water partition coefficient (Wildman–Crippen LogP) is 3.63. The highest BCUT2D eigenvalue weighted by Gasteiger charge is 2.33. The maximum atomic E-state index is 12.4. The van der Waals surface area contributed by atoms with E-state index >= 15 is 0 Å². The SMILES string of the molecule is C[C@H](C[C@H]1CCCN1C(=O)OC(C)(C)C)NCc1noc(C(C)(C)C)n1. The van der Waals surface area contributed by atoms with Crippen LogP contribution in [0.25, 0.3) is 0 Å². The Balaban J connectivity index is 1.84. The minimum absolute atomic E-state index is 0.144. The second-order valence-electron chi connectivity index (χ2n) is 9.25. The summed E-state index contributed by atoms with van der Waals surface area (Å²) in [5, 5.41) is 7.47. The highest BCUT2D eigenvalue weighted by atomic mass is 16.6. The first-order chi connectivity index (χ1) is 12.0. The molecule has 7 heteroatoms. The van der Waals surface area contributed by atoms with E-state index in [9.17, 15) is 4.79 Å². The fraction of sp³-hybridized carbons (Fsp3) is 0.842. The number of nitrogens with one attached hydrogen (secondary N) is 1. The minimum atomic E-state index is -0.461. The zero-order valence-electron chi connectivity index (χ0n) is 17.3. The zero-order valence-corrected chi connectivity index (χ0v) is 17.3. The number of likely N-dealkylation sites (tertiary alicyclic amines) is 1. The molecule has 1 aromatic rings. The molecule has 2 rings (SSSR count). The van der Waals surface area contributed by atoms with Crippen LogP contribution in [0.2, 0.25) is 0 Å². The monoisotopic (exact) mass is 366 g/mol. The standard InChI is InChI=1S/C19H34N4O3/c1-13(20-12-15-21-16(26-22-15)18(2,3)4)11-14-9-8-10-23(14)17(24)25-19(5,6)7/h13-14,20H,8-12H2,1-7H3/t13-,14-/m1/s1. The maximum absolute atomic E-state index is 12.4. The topological polar surface area (TPSA) is 80.5 Å². The summed E-state index contributed by atoms with van der Waals surface area (Å²) in [7, 11) is 0. The maximum Gasteiger partial charge on any atom is 0.410 e. The van der Waals surface area contributed by atoms with Crippen molar-refractivity contribution in [3.63, 3.8) is 0 Å². The summed E-state index contributed by atoms with van der Waals surface area (Å²) in [4.78, 5) is 18.7. The number of hydrogen-bond acceptors (Lipinski definition) is 6. The smallest absolute Gasteiger partial charge is 0.410 e. The summed E-state index contributed by atoms with van der Waals surface area (Å²) >= 11 is 0. The van der Waals surface area contributed by atoms with E-state index in [4.69, 9.17) is 9.26 Å². The summed E-state index contributed by atoms with van der Waals surface area (Å²) in [6.07, 6.45) is 2.71. The van der Waals surface area contributed by atoms with Crippen LogP contribution in [0.5, 0.6) is 0 Å². The Bertz CT molecular complexity index is 601. The van der Waals surface area contributed by atoms with Gasteiger partial charge in [0.05, 0.1) is 6.54 Å². The molecular formula is C19H34N4O3. The van der Waals surface area contributed by atoms with E-state index < -0.39 is 5.60 Å². The lowest BCUT2D eigenvalue weighted by atomic mass is 9.97. The summed E-state index contributed by atoms with van der Waals surface area (Å²) in [6, 6.07) is 0.447.